The Kier molecular flexibility index (Phi) is 5.37. The van der Waals surface area contributed by atoms with Crippen molar-refractivity contribution in [1.82, 2.24) is 15.5 Å². The van der Waals surface area contributed by atoms with Crippen LogP contribution in [0.1, 0.15) is 16.8 Å². The molecule has 29 heavy (non-hydrogen) atoms. The van der Waals surface area contributed by atoms with Crippen molar-refractivity contribution in [2.75, 3.05) is 32.2 Å². The fourth-order valence-corrected chi connectivity index (χ4v) is 3.57. The molecule has 0 saturated carbocycles. The van der Waals surface area contributed by atoms with E-state index in [1.807, 2.05) is 36.4 Å². The van der Waals surface area contributed by atoms with Gasteiger partial charge in [-0.05, 0) is 24.1 Å². The summed E-state index contributed by atoms with van der Waals surface area (Å²) < 4.78 is 10.5. The van der Waals surface area contributed by atoms with Gasteiger partial charge in [0.1, 0.15) is 11.5 Å². The maximum atomic E-state index is 12.7. The van der Waals surface area contributed by atoms with Crippen molar-refractivity contribution in [3.05, 3.63) is 60.2 Å². The Morgan fingerprint density at radius 3 is 2.72 bits per heavy atom. The van der Waals surface area contributed by atoms with E-state index >= 15 is 0 Å². The van der Waals surface area contributed by atoms with Gasteiger partial charge < -0.3 is 19.7 Å². The first-order valence-electron chi connectivity index (χ1n) is 9.56. The van der Waals surface area contributed by atoms with Crippen LogP contribution in [-0.2, 0) is 0 Å². The van der Waals surface area contributed by atoms with Crippen molar-refractivity contribution in [2.24, 2.45) is 0 Å². The first-order chi connectivity index (χ1) is 14.2. The molecule has 2 aromatic carbocycles. The monoisotopic (exact) mass is 392 g/mol. The number of aromatic amines is 1. The first-order valence-corrected chi connectivity index (χ1v) is 9.56. The van der Waals surface area contributed by atoms with Gasteiger partial charge in [0.05, 0.1) is 25.5 Å². The fourth-order valence-electron chi connectivity index (χ4n) is 3.57. The van der Waals surface area contributed by atoms with Crippen LogP contribution in [0.4, 0.5) is 5.82 Å². The molecule has 1 fully saturated rings. The lowest BCUT2D eigenvalue weighted by Crippen LogP contribution is -2.37. The summed E-state index contributed by atoms with van der Waals surface area (Å²) in [5.41, 5.74) is 2.58. The van der Waals surface area contributed by atoms with E-state index in [4.69, 9.17) is 9.47 Å². The number of methoxy groups -OCH3 is 2. The maximum Gasteiger partial charge on any atom is 0.255 e. The topological polar surface area (TPSA) is 79.5 Å². The molecule has 1 aliphatic heterocycles. The van der Waals surface area contributed by atoms with Gasteiger partial charge in [-0.3, -0.25) is 9.89 Å². The van der Waals surface area contributed by atoms with E-state index < -0.39 is 0 Å². The number of carbonyl (C=O) groups is 1. The highest BCUT2D eigenvalue weighted by Gasteiger charge is 2.27. The van der Waals surface area contributed by atoms with Gasteiger partial charge in [0, 0.05) is 31.3 Å². The number of nitrogens with zero attached hydrogens (tertiary/aromatic N) is 2. The second kappa shape index (κ2) is 8.26. The minimum Gasteiger partial charge on any atom is -0.497 e. The van der Waals surface area contributed by atoms with Crippen LogP contribution in [0.2, 0.25) is 0 Å². The van der Waals surface area contributed by atoms with E-state index in [-0.39, 0.29) is 11.9 Å². The van der Waals surface area contributed by atoms with Crippen molar-refractivity contribution < 1.29 is 14.3 Å². The molecule has 1 amide bonds. The number of ether oxygens (including phenoxy) is 2. The molecule has 2 N–H and O–H groups in total. The molecule has 1 saturated heterocycles. The number of carbonyl (C=O) groups excluding carboxylic acids is 1. The van der Waals surface area contributed by atoms with E-state index in [2.05, 4.69) is 20.4 Å². The normalized spacial score (nSPS) is 15.9. The van der Waals surface area contributed by atoms with Crippen LogP contribution in [0.15, 0.2) is 54.6 Å². The molecule has 7 nitrogen and oxygen atoms in total. The van der Waals surface area contributed by atoms with Gasteiger partial charge in [-0.15, -0.1) is 0 Å². The lowest BCUT2D eigenvalue weighted by molar-refractivity contribution is 0.0937. The number of hydrogen-bond acceptors (Lipinski definition) is 5. The molecule has 0 radical (unpaired) electrons. The summed E-state index contributed by atoms with van der Waals surface area (Å²) in [6.07, 6.45) is 0.859. The second-order valence-electron chi connectivity index (χ2n) is 6.98. The summed E-state index contributed by atoms with van der Waals surface area (Å²) in [4.78, 5) is 14.9. The Balaban J connectivity index is 1.41. The highest BCUT2D eigenvalue weighted by molar-refractivity contribution is 5.97. The number of anilines is 1. The van der Waals surface area contributed by atoms with Gasteiger partial charge in [0.25, 0.3) is 5.91 Å². The predicted molar refractivity (Wildman–Crippen MR) is 112 cm³/mol. The number of hydrogen-bond donors (Lipinski definition) is 2. The molecule has 1 aromatic heterocycles. The van der Waals surface area contributed by atoms with Crippen molar-refractivity contribution in [3.63, 3.8) is 0 Å². The summed E-state index contributed by atoms with van der Waals surface area (Å²) in [6.45, 7) is 1.55. The minimum atomic E-state index is -0.150. The summed E-state index contributed by atoms with van der Waals surface area (Å²) in [5, 5.41) is 10.7. The Hall–Kier alpha value is -3.48. The first kappa shape index (κ1) is 18.9. The van der Waals surface area contributed by atoms with E-state index in [1.54, 1.807) is 32.4 Å². The van der Waals surface area contributed by atoms with Crippen LogP contribution in [0.3, 0.4) is 0 Å². The number of amides is 1. The van der Waals surface area contributed by atoms with Gasteiger partial charge >= 0.3 is 0 Å². The Morgan fingerprint density at radius 1 is 1.14 bits per heavy atom. The van der Waals surface area contributed by atoms with Crippen molar-refractivity contribution >= 4 is 11.7 Å². The Labute approximate surface area is 169 Å². The number of benzene rings is 2. The van der Waals surface area contributed by atoms with Crippen LogP contribution in [0, 0.1) is 0 Å². The molecular formula is C22H24N4O3. The molecule has 1 aliphatic rings. The smallest absolute Gasteiger partial charge is 0.255 e. The largest absolute Gasteiger partial charge is 0.497 e. The molecule has 0 unspecified atom stereocenters. The van der Waals surface area contributed by atoms with E-state index in [0.717, 1.165) is 30.0 Å². The van der Waals surface area contributed by atoms with Crippen LogP contribution in [0.25, 0.3) is 11.3 Å². The second-order valence-corrected chi connectivity index (χ2v) is 6.98. The van der Waals surface area contributed by atoms with E-state index in [0.29, 0.717) is 23.6 Å². The van der Waals surface area contributed by atoms with E-state index in [1.165, 1.54) is 0 Å². The van der Waals surface area contributed by atoms with Crippen molar-refractivity contribution in [2.45, 2.75) is 12.5 Å². The van der Waals surface area contributed by atoms with Gasteiger partial charge in [-0.25, -0.2) is 0 Å². The summed E-state index contributed by atoms with van der Waals surface area (Å²) in [5.74, 6) is 1.89. The molecule has 2 heterocycles. The zero-order valence-corrected chi connectivity index (χ0v) is 16.5. The van der Waals surface area contributed by atoms with Crippen LogP contribution in [0.5, 0.6) is 11.5 Å². The van der Waals surface area contributed by atoms with Crippen LogP contribution >= 0.6 is 0 Å². The van der Waals surface area contributed by atoms with Gasteiger partial charge in [-0.2, -0.15) is 5.10 Å². The summed E-state index contributed by atoms with van der Waals surface area (Å²) >= 11 is 0. The molecule has 4 rings (SSSR count). The lowest BCUT2D eigenvalue weighted by atomic mass is 10.1. The van der Waals surface area contributed by atoms with E-state index in [9.17, 15) is 4.79 Å². The molecule has 7 heteroatoms. The highest BCUT2D eigenvalue weighted by Crippen LogP contribution is 2.26. The third-order valence-electron chi connectivity index (χ3n) is 5.15. The molecule has 1 atom stereocenters. The van der Waals surface area contributed by atoms with Crippen LogP contribution < -0.4 is 19.7 Å². The fraction of sp³-hybridized carbons (Fsp3) is 0.273. The van der Waals surface area contributed by atoms with Gasteiger partial charge in [-0.1, -0.05) is 30.3 Å². The average molecular weight is 392 g/mol. The molecular weight excluding hydrogens is 368 g/mol. The molecule has 0 aliphatic carbocycles. The zero-order valence-electron chi connectivity index (χ0n) is 16.5. The minimum absolute atomic E-state index is 0.0474. The van der Waals surface area contributed by atoms with Crippen molar-refractivity contribution in [1.29, 1.82) is 0 Å². The van der Waals surface area contributed by atoms with Crippen LogP contribution in [-0.4, -0.2) is 49.5 Å². The zero-order chi connectivity index (χ0) is 20.2. The Morgan fingerprint density at radius 2 is 1.97 bits per heavy atom. The third kappa shape index (κ3) is 4.03. The maximum absolute atomic E-state index is 12.7. The number of rotatable bonds is 6. The summed E-state index contributed by atoms with van der Waals surface area (Å²) in [7, 11) is 3.13. The quantitative estimate of drug-likeness (QED) is 0.674. The molecule has 150 valence electrons. The third-order valence-corrected chi connectivity index (χ3v) is 5.15. The average Bonchev–Trinajstić information content (AvgIpc) is 3.43. The number of aromatic nitrogens is 2. The molecule has 3 aromatic rings. The SMILES string of the molecule is COc1ccc(C(=O)N[C@H]2CCN(c3cc(-c4ccccc4)[nH]n3)C2)c(OC)c1. The molecule has 0 bridgehead atoms. The predicted octanol–water partition coefficient (Wildman–Crippen LogP) is 3.10. The molecule has 0 spiro atoms. The van der Waals surface area contributed by atoms with Crippen molar-refractivity contribution in [3.8, 4) is 22.8 Å². The van der Waals surface area contributed by atoms with Gasteiger partial charge in [0.15, 0.2) is 5.82 Å². The number of H-pyrrole nitrogens is 1. The van der Waals surface area contributed by atoms with Gasteiger partial charge in [0.2, 0.25) is 0 Å². The summed E-state index contributed by atoms with van der Waals surface area (Å²) in [6, 6.07) is 17.4. The highest BCUT2D eigenvalue weighted by atomic mass is 16.5. The Bertz CT molecular complexity index is 987. The standard InChI is InChI=1S/C22H24N4O3/c1-28-17-8-9-18(20(12-17)29-2)22(27)23-16-10-11-26(14-16)21-13-19(24-25-21)15-6-4-3-5-7-15/h3-9,12-13,16H,10-11,14H2,1-2H3,(H,23,27)(H,24,25)/t16-/m0/s1. The number of nitrogens with one attached hydrogen (secondary N) is 2. The lowest BCUT2D eigenvalue weighted by Gasteiger charge is -2.17.